The number of rotatable bonds is 6. The molecule has 5 rings (SSSR count). The number of carbonyl (C=O) groups is 1. The van der Waals surface area contributed by atoms with Crippen molar-refractivity contribution in [1.82, 2.24) is 24.2 Å². The zero-order valence-corrected chi connectivity index (χ0v) is 18.0. The van der Waals surface area contributed by atoms with E-state index in [1.165, 1.54) is 29.5 Å². The number of anilines is 1. The number of amides is 1. The van der Waals surface area contributed by atoms with E-state index in [0.717, 1.165) is 23.2 Å². The highest BCUT2D eigenvalue weighted by Gasteiger charge is 2.14. The number of aromatic nitrogens is 5. The fourth-order valence-corrected chi connectivity index (χ4v) is 4.16. The summed E-state index contributed by atoms with van der Waals surface area (Å²) in [5, 5.41) is 16.6. The van der Waals surface area contributed by atoms with E-state index in [-0.39, 0.29) is 17.5 Å². The van der Waals surface area contributed by atoms with Gasteiger partial charge in [0.2, 0.25) is 5.91 Å². The van der Waals surface area contributed by atoms with Gasteiger partial charge in [-0.15, -0.1) is 10.2 Å². The molecule has 160 valence electrons. The lowest BCUT2D eigenvalue weighted by Gasteiger charge is -2.06. The topological polar surface area (TPSA) is 76.6 Å². The molecule has 3 heterocycles. The molecular weight excluding hydrogens is 427 g/mol. The number of carbonyl (C=O) groups excluding carboxylic acids is 1. The van der Waals surface area contributed by atoms with Gasteiger partial charge in [0.1, 0.15) is 11.3 Å². The predicted molar refractivity (Wildman–Crippen MR) is 122 cm³/mol. The number of benzene rings is 2. The smallest absolute Gasteiger partial charge is 0.234 e. The highest BCUT2D eigenvalue weighted by atomic mass is 32.2. The standard InChI is InChI=1S/C23H19FN6OS/c1-2-15-4-3-5-18(12-15)25-21(31)14-32-23-27-26-22-20-13-19(16-6-8-17(24)9-7-16)28-30(20)11-10-29(22)23/h3-13H,2,14H2,1H3,(H,25,31). The van der Waals surface area contributed by atoms with Gasteiger partial charge in [-0.25, -0.2) is 8.91 Å². The maximum atomic E-state index is 13.2. The molecule has 32 heavy (non-hydrogen) atoms. The largest absolute Gasteiger partial charge is 0.325 e. The van der Waals surface area contributed by atoms with Crippen LogP contribution >= 0.6 is 11.8 Å². The Morgan fingerprint density at radius 1 is 1.09 bits per heavy atom. The Bertz CT molecular complexity index is 1430. The van der Waals surface area contributed by atoms with Crippen LogP contribution in [0.1, 0.15) is 12.5 Å². The second kappa shape index (κ2) is 8.43. The molecule has 0 aliphatic heterocycles. The van der Waals surface area contributed by atoms with E-state index in [9.17, 15) is 9.18 Å². The van der Waals surface area contributed by atoms with Gasteiger partial charge in [0, 0.05) is 23.6 Å². The first-order chi connectivity index (χ1) is 15.6. The molecule has 1 N–H and O–H groups in total. The summed E-state index contributed by atoms with van der Waals surface area (Å²) in [7, 11) is 0. The quantitative estimate of drug-likeness (QED) is 0.389. The van der Waals surface area contributed by atoms with E-state index in [4.69, 9.17) is 0 Å². The lowest BCUT2D eigenvalue weighted by molar-refractivity contribution is -0.113. The first-order valence-electron chi connectivity index (χ1n) is 10.1. The molecule has 0 atom stereocenters. The van der Waals surface area contributed by atoms with Crippen molar-refractivity contribution >= 4 is 34.5 Å². The zero-order chi connectivity index (χ0) is 22.1. The number of halogens is 1. The zero-order valence-electron chi connectivity index (χ0n) is 17.2. The van der Waals surface area contributed by atoms with Crippen LogP contribution in [0.5, 0.6) is 0 Å². The van der Waals surface area contributed by atoms with E-state index in [1.54, 1.807) is 22.8 Å². The van der Waals surface area contributed by atoms with Crippen LogP contribution in [0.4, 0.5) is 10.1 Å². The van der Waals surface area contributed by atoms with Gasteiger partial charge in [0.25, 0.3) is 0 Å². The number of thioether (sulfide) groups is 1. The number of aryl methyl sites for hydroxylation is 1. The fourth-order valence-electron chi connectivity index (χ4n) is 3.45. The van der Waals surface area contributed by atoms with Crippen LogP contribution < -0.4 is 5.32 Å². The van der Waals surface area contributed by atoms with Crippen LogP contribution in [-0.2, 0) is 11.2 Å². The highest BCUT2D eigenvalue weighted by Crippen LogP contribution is 2.24. The summed E-state index contributed by atoms with van der Waals surface area (Å²) in [6.45, 7) is 2.08. The van der Waals surface area contributed by atoms with Crippen LogP contribution in [0.15, 0.2) is 72.1 Å². The van der Waals surface area contributed by atoms with Crippen molar-refractivity contribution in [3.63, 3.8) is 0 Å². The molecule has 0 spiro atoms. The molecule has 0 unspecified atom stereocenters. The average molecular weight is 447 g/mol. The second-order valence-electron chi connectivity index (χ2n) is 7.23. The van der Waals surface area contributed by atoms with Crippen molar-refractivity contribution < 1.29 is 9.18 Å². The molecule has 5 aromatic rings. The summed E-state index contributed by atoms with van der Waals surface area (Å²) in [4.78, 5) is 12.4. The third-order valence-corrected chi connectivity index (χ3v) is 6.02. The van der Waals surface area contributed by atoms with Crippen LogP contribution in [0.25, 0.3) is 22.4 Å². The van der Waals surface area contributed by atoms with Crippen LogP contribution in [0.2, 0.25) is 0 Å². The van der Waals surface area contributed by atoms with Crippen molar-refractivity contribution in [2.24, 2.45) is 0 Å². The molecule has 1 amide bonds. The van der Waals surface area contributed by atoms with Gasteiger partial charge in [-0.1, -0.05) is 30.8 Å². The van der Waals surface area contributed by atoms with E-state index < -0.39 is 0 Å². The molecule has 0 bridgehead atoms. The Morgan fingerprint density at radius 3 is 2.75 bits per heavy atom. The van der Waals surface area contributed by atoms with Crippen LogP contribution in [-0.4, -0.2) is 35.9 Å². The van der Waals surface area contributed by atoms with Crippen molar-refractivity contribution in [2.75, 3.05) is 11.1 Å². The lowest BCUT2D eigenvalue weighted by Crippen LogP contribution is -2.14. The highest BCUT2D eigenvalue weighted by molar-refractivity contribution is 7.99. The lowest BCUT2D eigenvalue weighted by atomic mass is 10.1. The van der Waals surface area contributed by atoms with Gasteiger partial charge in [-0.2, -0.15) is 5.10 Å². The molecule has 7 nitrogen and oxygen atoms in total. The minimum atomic E-state index is -0.291. The summed E-state index contributed by atoms with van der Waals surface area (Å²) in [6.07, 6.45) is 4.53. The van der Waals surface area contributed by atoms with Crippen molar-refractivity contribution in [3.8, 4) is 11.3 Å². The van der Waals surface area contributed by atoms with Gasteiger partial charge >= 0.3 is 0 Å². The SMILES string of the molecule is CCc1cccc(NC(=O)CSc2nnc3c4cc(-c5ccc(F)cc5)nn4ccn23)c1. The molecule has 0 saturated heterocycles. The van der Waals surface area contributed by atoms with Crippen LogP contribution in [0, 0.1) is 5.82 Å². The Kier molecular flexibility index (Phi) is 5.32. The second-order valence-corrected chi connectivity index (χ2v) is 8.17. The number of nitrogens with zero attached hydrogens (tertiary/aromatic N) is 5. The summed E-state index contributed by atoms with van der Waals surface area (Å²) in [5.41, 5.74) is 4.88. The summed E-state index contributed by atoms with van der Waals surface area (Å²) >= 11 is 1.31. The molecule has 3 aromatic heterocycles. The number of hydrogen-bond acceptors (Lipinski definition) is 5. The van der Waals surface area contributed by atoms with Gasteiger partial charge in [-0.05, 0) is 54.4 Å². The first-order valence-corrected chi connectivity index (χ1v) is 11.1. The van der Waals surface area contributed by atoms with E-state index in [2.05, 4.69) is 27.5 Å². The number of hydrogen-bond donors (Lipinski definition) is 1. The third-order valence-electron chi connectivity index (χ3n) is 5.08. The van der Waals surface area contributed by atoms with Gasteiger partial charge in [0.15, 0.2) is 10.8 Å². The molecule has 0 fully saturated rings. The molecule has 0 aliphatic rings. The minimum Gasteiger partial charge on any atom is -0.325 e. The van der Waals surface area contributed by atoms with Gasteiger partial charge < -0.3 is 5.32 Å². The summed E-state index contributed by atoms with van der Waals surface area (Å²) < 4.78 is 16.8. The Labute approximate surface area is 187 Å². The normalized spacial score (nSPS) is 11.3. The van der Waals surface area contributed by atoms with E-state index in [1.807, 2.05) is 40.9 Å². The van der Waals surface area contributed by atoms with Gasteiger partial charge in [0.05, 0.1) is 11.4 Å². The first kappa shape index (κ1) is 20.2. The van der Waals surface area contributed by atoms with Crippen molar-refractivity contribution in [2.45, 2.75) is 18.5 Å². The summed E-state index contributed by atoms with van der Waals surface area (Å²) in [5.74, 6) is -0.187. The fraction of sp³-hybridized carbons (Fsp3) is 0.130. The number of nitrogens with one attached hydrogen (secondary N) is 1. The summed E-state index contributed by atoms with van der Waals surface area (Å²) in [6, 6.07) is 15.9. The van der Waals surface area contributed by atoms with Crippen LogP contribution in [0.3, 0.4) is 0 Å². The predicted octanol–water partition coefficient (Wildman–Crippen LogP) is 4.48. The molecular formula is C23H19FN6OS. The van der Waals surface area contributed by atoms with Crippen molar-refractivity contribution in [3.05, 3.63) is 78.4 Å². The molecule has 9 heteroatoms. The molecule has 0 radical (unpaired) electrons. The average Bonchev–Trinajstić information content (AvgIpc) is 3.42. The third kappa shape index (κ3) is 3.94. The molecule has 0 aliphatic carbocycles. The maximum absolute atomic E-state index is 13.2. The Hall–Kier alpha value is -3.72. The Morgan fingerprint density at radius 2 is 1.94 bits per heavy atom. The molecule has 0 saturated carbocycles. The van der Waals surface area contributed by atoms with E-state index >= 15 is 0 Å². The molecule has 2 aromatic carbocycles. The maximum Gasteiger partial charge on any atom is 0.234 e. The van der Waals surface area contributed by atoms with Crippen molar-refractivity contribution in [1.29, 1.82) is 0 Å². The Balaban J connectivity index is 1.35. The van der Waals surface area contributed by atoms with E-state index in [0.29, 0.717) is 16.5 Å². The monoisotopic (exact) mass is 446 g/mol. The number of fused-ring (bicyclic) bond motifs is 3. The minimum absolute atomic E-state index is 0.107. The van der Waals surface area contributed by atoms with Gasteiger partial charge in [-0.3, -0.25) is 9.20 Å².